The summed E-state index contributed by atoms with van der Waals surface area (Å²) in [4.78, 5) is 0. The van der Waals surface area contributed by atoms with E-state index >= 15 is 0 Å². The lowest BCUT2D eigenvalue weighted by Crippen LogP contribution is -2.29. The van der Waals surface area contributed by atoms with Crippen molar-refractivity contribution in [2.45, 2.75) is 98.2 Å². The smallest absolute Gasteiger partial charge is 0.483 e. The fourth-order valence-electron chi connectivity index (χ4n) is 4.11. The molecule has 0 unspecified atom stereocenters. The maximum Gasteiger partial charge on any atom is 0.483 e. The van der Waals surface area contributed by atoms with Gasteiger partial charge >= 0.3 is 7.12 Å². The summed E-state index contributed by atoms with van der Waals surface area (Å²) in [5.41, 5.74) is 1.69. The molecule has 0 bridgehead atoms. The largest absolute Gasteiger partial charge is 0.497 e. The van der Waals surface area contributed by atoms with Crippen molar-refractivity contribution in [3.63, 3.8) is 0 Å². The maximum atomic E-state index is 9.46. The van der Waals surface area contributed by atoms with Crippen LogP contribution in [0.3, 0.4) is 0 Å². The number of unbranched alkanes of at least 4 members (excludes halogenated alkanes) is 7. The molecule has 176 valence electrons. The van der Waals surface area contributed by atoms with Crippen LogP contribution < -0.4 is 4.74 Å². The Kier molecular flexibility index (Phi) is 14.6. The first-order chi connectivity index (χ1) is 14.9. The van der Waals surface area contributed by atoms with Crippen molar-refractivity contribution in [2.75, 3.05) is 7.11 Å². The molecule has 31 heavy (non-hydrogen) atoms. The van der Waals surface area contributed by atoms with Gasteiger partial charge in [0.15, 0.2) is 0 Å². The normalized spacial score (nSPS) is 14.9. The van der Waals surface area contributed by atoms with Gasteiger partial charge in [-0.2, -0.15) is 0 Å². The minimum Gasteiger partial charge on any atom is -0.497 e. The average Bonchev–Trinajstić information content (AvgIpc) is 2.76. The van der Waals surface area contributed by atoms with Gasteiger partial charge in [0.05, 0.1) is 19.8 Å². The highest BCUT2D eigenvalue weighted by molar-refractivity contribution is 6.50. The summed E-state index contributed by atoms with van der Waals surface area (Å²) in [6.45, 7) is 8.91. The van der Waals surface area contributed by atoms with Crippen LogP contribution in [0.4, 0.5) is 0 Å². The van der Waals surface area contributed by atoms with E-state index in [4.69, 9.17) is 9.47 Å². The van der Waals surface area contributed by atoms with Crippen LogP contribution in [-0.2, 0) is 11.3 Å². The lowest BCUT2D eigenvalue weighted by molar-refractivity contribution is -0.0193. The van der Waals surface area contributed by atoms with Crippen molar-refractivity contribution >= 4 is 7.12 Å². The SMILES string of the molecule is CCCCCCCCCC[C@H](C)[C@@H](OCc1ccc(OC)cc1)[C@@H](C)/C=C(\C)B(O)O. The molecule has 0 spiro atoms. The van der Waals surface area contributed by atoms with Crippen LogP contribution in [0.1, 0.15) is 91.0 Å². The Morgan fingerprint density at radius 1 is 0.968 bits per heavy atom. The molecule has 0 aliphatic heterocycles. The third kappa shape index (κ3) is 11.8. The second-order valence-electron chi connectivity index (χ2n) is 9.01. The van der Waals surface area contributed by atoms with E-state index in [1.807, 2.05) is 30.3 Å². The van der Waals surface area contributed by atoms with E-state index in [0.29, 0.717) is 18.0 Å². The van der Waals surface area contributed by atoms with Gasteiger partial charge in [0, 0.05) is 5.92 Å². The zero-order chi connectivity index (χ0) is 23.1. The topological polar surface area (TPSA) is 58.9 Å². The van der Waals surface area contributed by atoms with E-state index in [1.54, 1.807) is 14.0 Å². The van der Waals surface area contributed by atoms with Gasteiger partial charge in [-0.3, -0.25) is 0 Å². The van der Waals surface area contributed by atoms with Gasteiger partial charge in [0.1, 0.15) is 5.75 Å². The van der Waals surface area contributed by atoms with Gasteiger partial charge in [-0.1, -0.05) is 90.3 Å². The van der Waals surface area contributed by atoms with E-state index in [1.165, 1.54) is 51.4 Å². The van der Waals surface area contributed by atoms with Gasteiger partial charge in [-0.25, -0.2) is 0 Å². The van der Waals surface area contributed by atoms with E-state index in [0.717, 1.165) is 17.7 Å². The first kappa shape index (κ1) is 27.7. The molecule has 4 nitrogen and oxygen atoms in total. The van der Waals surface area contributed by atoms with E-state index in [9.17, 15) is 10.0 Å². The summed E-state index contributed by atoms with van der Waals surface area (Å²) in [6, 6.07) is 7.96. The predicted molar refractivity (Wildman–Crippen MR) is 131 cm³/mol. The molecule has 0 aromatic heterocycles. The van der Waals surface area contributed by atoms with Crippen molar-refractivity contribution in [3.8, 4) is 5.75 Å². The molecule has 1 rings (SSSR count). The molecule has 5 heteroatoms. The van der Waals surface area contributed by atoms with Crippen LogP contribution >= 0.6 is 0 Å². The van der Waals surface area contributed by atoms with E-state index < -0.39 is 7.12 Å². The second kappa shape index (κ2) is 16.4. The number of hydrogen-bond acceptors (Lipinski definition) is 4. The molecule has 0 saturated heterocycles. The van der Waals surface area contributed by atoms with Crippen LogP contribution in [0.5, 0.6) is 5.75 Å². The summed E-state index contributed by atoms with van der Waals surface area (Å²) in [7, 11) is 0.257. The monoisotopic (exact) mass is 432 g/mol. The molecule has 0 saturated carbocycles. The lowest BCUT2D eigenvalue weighted by atomic mass is 9.77. The molecule has 0 heterocycles. The Bertz CT molecular complexity index is 600. The minimum absolute atomic E-state index is 0.0281. The quantitative estimate of drug-likeness (QED) is 0.223. The van der Waals surface area contributed by atoms with Gasteiger partial charge in [-0.05, 0) is 42.4 Å². The zero-order valence-corrected chi connectivity index (χ0v) is 20.5. The molecule has 0 aliphatic carbocycles. The minimum atomic E-state index is -1.41. The van der Waals surface area contributed by atoms with Crippen molar-refractivity contribution in [3.05, 3.63) is 41.4 Å². The zero-order valence-electron chi connectivity index (χ0n) is 20.5. The predicted octanol–water partition coefficient (Wildman–Crippen LogP) is 6.34. The number of ether oxygens (including phenoxy) is 2. The first-order valence-corrected chi connectivity index (χ1v) is 12.2. The summed E-state index contributed by atoms with van der Waals surface area (Å²) < 4.78 is 11.6. The fourth-order valence-corrected chi connectivity index (χ4v) is 4.11. The van der Waals surface area contributed by atoms with Gasteiger partial charge in [0.2, 0.25) is 0 Å². The molecule has 1 aromatic carbocycles. The number of benzene rings is 1. The Morgan fingerprint density at radius 3 is 2.10 bits per heavy atom. The Morgan fingerprint density at radius 2 is 1.55 bits per heavy atom. The molecule has 0 fully saturated rings. The van der Waals surface area contributed by atoms with Crippen molar-refractivity contribution in [1.82, 2.24) is 0 Å². The van der Waals surface area contributed by atoms with Crippen LogP contribution in [0.15, 0.2) is 35.8 Å². The van der Waals surface area contributed by atoms with E-state index in [-0.39, 0.29) is 12.0 Å². The van der Waals surface area contributed by atoms with Crippen molar-refractivity contribution in [2.24, 2.45) is 11.8 Å². The highest BCUT2D eigenvalue weighted by atomic mass is 16.5. The molecular formula is C26H45BO4. The lowest BCUT2D eigenvalue weighted by Gasteiger charge is -2.29. The summed E-state index contributed by atoms with van der Waals surface area (Å²) in [5, 5.41) is 18.9. The highest BCUT2D eigenvalue weighted by Gasteiger charge is 2.24. The average molecular weight is 432 g/mol. The van der Waals surface area contributed by atoms with Crippen LogP contribution in [0.25, 0.3) is 0 Å². The number of hydrogen-bond donors (Lipinski definition) is 2. The standard InChI is InChI=1S/C26H45BO4/c1-6-7-8-9-10-11-12-13-14-21(2)26(22(3)19-23(4)27(28)29)31-20-24-15-17-25(30-5)18-16-24/h15-19,21-22,26,28-29H,6-14,20H2,1-5H3/b23-19+/t21-,22-,26+/m0/s1. The van der Waals surface area contributed by atoms with Crippen LogP contribution in [0, 0.1) is 11.8 Å². The Balaban J connectivity index is 2.60. The fraction of sp³-hybridized carbons (Fsp3) is 0.692. The molecule has 3 atom stereocenters. The third-order valence-electron chi connectivity index (χ3n) is 6.13. The van der Waals surface area contributed by atoms with Crippen LogP contribution in [0.2, 0.25) is 0 Å². The van der Waals surface area contributed by atoms with Crippen molar-refractivity contribution < 1.29 is 19.5 Å². The maximum absolute atomic E-state index is 9.46. The Labute approximate surface area is 191 Å². The van der Waals surface area contributed by atoms with Gasteiger partial charge < -0.3 is 19.5 Å². The summed E-state index contributed by atoms with van der Waals surface area (Å²) in [6.07, 6.45) is 13.6. The molecule has 1 aromatic rings. The summed E-state index contributed by atoms with van der Waals surface area (Å²) in [5.74, 6) is 1.34. The first-order valence-electron chi connectivity index (χ1n) is 12.2. The number of methoxy groups -OCH3 is 1. The number of rotatable bonds is 17. The molecular weight excluding hydrogens is 387 g/mol. The molecule has 0 amide bonds. The molecule has 0 aliphatic rings. The van der Waals surface area contributed by atoms with Gasteiger partial charge in [0.25, 0.3) is 0 Å². The van der Waals surface area contributed by atoms with Gasteiger partial charge in [-0.15, -0.1) is 0 Å². The summed E-state index contributed by atoms with van der Waals surface area (Å²) >= 11 is 0. The Hall–Kier alpha value is -1.30. The molecule has 0 radical (unpaired) electrons. The number of allylic oxidation sites excluding steroid dienone is 1. The third-order valence-corrected chi connectivity index (χ3v) is 6.13. The van der Waals surface area contributed by atoms with Crippen molar-refractivity contribution in [1.29, 1.82) is 0 Å². The highest BCUT2D eigenvalue weighted by Crippen LogP contribution is 2.26. The second-order valence-corrected chi connectivity index (χ2v) is 9.01. The van der Waals surface area contributed by atoms with E-state index in [2.05, 4.69) is 20.8 Å². The molecule has 2 N–H and O–H groups in total. The van der Waals surface area contributed by atoms with Crippen LogP contribution in [-0.4, -0.2) is 30.4 Å².